The van der Waals surface area contributed by atoms with Crippen LogP contribution in [-0.4, -0.2) is 12.5 Å². The van der Waals surface area contributed by atoms with Crippen LogP contribution < -0.4 is 0 Å². The fourth-order valence-electron chi connectivity index (χ4n) is 1.00. The normalized spacial score (nSPS) is 11.2. The summed E-state index contributed by atoms with van der Waals surface area (Å²) in [5.41, 5.74) is -1.02. The Morgan fingerprint density at radius 1 is 1.40 bits per heavy atom. The summed E-state index contributed by atoms with van der Waals surface area (Å²) in [4.78, 5) is 10.3. The van der Waals surface area contributed by atoms with Crippen LogP contribution >= 0.6 is 11.6 Å². The molecule has 1 aromatic carbocycles. The Bertz CT molecular complexity index is 410. The van der Waals surface area contributed by atoms with E-state index in [9.17, 15) is 18.0 Å². The van der Waals surface area contributed by atoms with Crippen LogP contribution in [0.3, 0.4) is 0 Å². The van der Waals surface area contributed by atoms with Crippen molar-refractivity contribution in [3.05, 3.63) is 40.9 Å². The van der Waals surface area contributed by atoms with Gasteiger partial charge in [0, 0.05) is 16.1 Å². The molecule has 0 aliphatic carbocycles. The van der Waals surface area contributed by atoms with E-state index in [1.54, 1.807) is 0 Å². The Labute approximate surface area is 89.2 Å². The molecule has 0 N–H and O–H groups in total. The van der Waals surface area contributed by atoms with Crippen LogP contribution in [0.1, 0.15) is 15.9 Å². The standard InChI is InChI=1S/C10H6ClF3O/c1-6(10(12,13)14)8-3-2-7(5-15)4-9(8)11/h2-5H,1H2. The average Bonchev–Trinajstić information content (AvgIpc) is 2.15. The van der Waals surface area contributed by atoms with Crippen molar-refractivity contribution in [1.82, 2.24) is 0 Å². The molecule has 0 aromatic heterocycles. The van der Waals surface area contributed by atoms with E-state index in [1.165, 1.54) is 12.1 Å². The number of allylic oxidation sites excluding steroid dienone is 1. The lowest BCUT2D eigenvalue weighted by Crippen LogP contribution is -2.09. The second-order valence-electron chi connectivity index (χ2n) is 2.83. The van der Waals surface area contributed by atoms with Crippen molar-refractivity contribution in [2.45, 2.75) is 6.18 Å². The highest BCUT2D eigenvalue weighted by molar-refractivity contribution is 6.32. The van der Waals surface area contributed by atoms with Crippen LogP contribution in [0.5, 0.6) is 0 Å². The van der Waals surface area contributed by atoms with E-state index in [0.29, 0.717) is 6.29 Å². The number of rotatable bonds is 2. The number of carbonyl (C=O) groups excluding carboxylic acids is 1. The smallest absolute Gasteiger partial charge is 0.298 e. The van der Waals surface area contributed by atoms with Gasteiger partial charge in [0.05, 0.1) is 5.57 Å². The highest BCUT2D eigenvalue weighted by Crippen LogP contribution is 2.35. The van der Waals surface area contributed by atoms with E-state index >= 15 is 0 Å². The van der Waals surface area contributed by atoms with Crippen molar-refractivity contribution in [3.63, 3.8) is 0 Å². The molecule has 0 fully saturated rings. The summed E-state index contributed by atoms with van der Waals surface area (Å²) in [6.45, 7) is 2.91. The number of carbonyl (C=O) groups is 1. The molecule has 0 amide bonds. The van der Waals surface area contributed by atoms with Crippen LogP contribution in [0.4, 0.5) is 13.2 Å². The van der Waals surface area contributed by atoms with Gasteiger partial charge in [-0.15, -0.1) is 0 Å². The summed E-state index contributed by atoms with van der Waals surface area (Å²) >= 11 is 5.59. The van der Waals surface area contributed by atoms with Crippen molar-refractivity contribution in [2.75, 3.05) is 0 Å². The maximum Gasteiger partial charge on any atom is 0.416 e. The molecule has 80 valence electrons. The Morgan fingerprint density at radius 3 is 2.40 bits per heavy atom. The first-order valence-electron chi connectivity index (χ1n) is 3.87. The van der Waals surface area contributed by atoms with E-state index < -0.39 is 11.7 Å². The first kappa shape index (κ1) is 11.8. The molecule has 15 heavy (non-hydrogen) atoms. The van der Waals surface area contributed by atoms with E-state index in [4.69, 9.17) is 11.6 Å². The fourth-order valence-corrected chi connectivity index (χ4v) is 1.31. The van der Waals surface area contributed by atoms with Gasteiger partial charge in [-0.2, -0.15) is 13.2 Å². The molecule has 0 bridgehead atoms. The minimum Gasteiger partial charge on any atom is -0.298 e. The Kier molecular flexibility index (Phi) is 3.19. The SMILES string of the molecule is C=C(c1ccc(C=O)cc1Cl)C(F)(F)F. The molecule has 0 atom stereocenters. The predicted molar refractivity (Wildman–Crippen MR) is 51.9 cm³/mol. The number of hydrogen-bond acceptors (Lipinski definition) is 1. The fraction of sp³-hybridized carbons (Fsp3) is 0.100. The van der Waals surface area contributed by atoms with Gasteiger partial charge in [-0.3, -0.25) is 4.79 Å². The van der Waals surface area contributed by atoms with Gasteiger partial charge in [-0.05, 0) is 6.07 Å². The molecular formula is C10H6ClF3O. The summed E-state index contributed by atoms with van der Waals surface area (Å²) in [6, 6.07) is 3.55. The molecule has 0 spiro atoms. The van der Waals surface area contributed by atoms with Gasteiger partial charge in [0.15, 0.2) is 0 Å². The zero-order valence-electron chi connectivity index (χ0n) is 7.44. The van der Waals surface area contributed by atoms with Crippen molar-refractivity contribution < 1.29 is 18.0 Å². The Hall–Kier alpha value is -1.29. The van der Waals surface area contributed by atoms with E-state index in [-0.39, 0.29) is 16.1 Å². The van der Waals surface area contributed by atoms with Crippen LogP contribution in [0.2, 0.25) is 5.02 Å². The van der Waals surface area contributed by atoms with Crippen molar-refractivity contribution >= 4 is 23.5 Å². The number of aldehydes is 1. The lowest BCUT2D eigenvalue weighted by Gasteiger charge is -2.11. The topological polar surface area (TPSA) is 17.1 Å². The highest BCUT2D eigenvalue weighted by Gasteiger charge is 2.33. The Morgan fingerprint density at radius 2 is 2.00 bits per heavy atom. The Balaban J connectivity index is 3.17. The van der Waals surface area contributed by atoms with Gasteiger partial charge in [-0.25, -0.2) is 0 Å². The molecule has 1 rings (SSSR count). The van der Waals surface area contributed by atoms with Gasteiger partial charge in [0.1, 0.15) is 6.29 Å². The molecule has 0 saturated heterocycles. The van der Waals surface area contributed by atoms with Crippen molar-refractivity contribution in [3.8, 4) is 0 Å². The summed E-state index contributed by atoms with van der Waals surface area (Å²) in [5.74, 6) is 0. The minimum absolute atomic E-state index is 0.137. The first-order valence-corrected chi connectivity index (χ1v) is 4.25. The van der Waals surface area contributed by atoms with Crippen molar-refractivity contribution in [2.24, 2.45) is 0 Å². The van der Waals surface area contributed by atoms with Crippen LogP contribution in [0.25, 0.3) is 5.57 Å². The largest absolute Gasteiger partial charge is 0.416 e. The van der Waals surface area contributed by atoms with Crippen LogP contribution in [0.15, 0.2) is 24.8 Å². The third-order valence-electron chi connectivity index (χ3n) is 1.80. The van der Waals surface area contributed by atoms with Gasteiger partial charge < -0.3 is 0 Å². The molecule has 1 nitrogen and oxygen atoms in total. The predicted octanol–water partition coefficient (Wildman–Crippen LogP) is 3.73. The number of benzene rings is 1. The van der Waals surface area contributed by atoms with E-state index in [1.807, 2.05) is 0 Å². The lowest BCUT2D eigenvalue weighted by atomic mass is 10.1. The lowest BCUT2D eigenvalue weighted by molar-refractivity contribution is -0.0686. The van der Waals surface area contributed by atoms with Crippen LogP contribution in [0, 0.1) is 0 Å². The monoisotopic (exact) mass is 234 g/mol. The maximum atomic E-state index is 12.3. The first-order chi connectivity index (χ1) is 6.86. The summed E-state index contributed by atoms with van der Waals surface area (Å²) in [6.07, 6.45) is -4.02. The molecule has 0 saturated carbocycles. The second-order valence-corrected chi connectivity index (χ2v) is 3.24. The zero-order chi connectivity index (χ0) is 11.6. The van der Waals surface area contributed by atoms with E-state index in [2.05, 4.69) is 6.58 Å². The van der Waals surface area contributed by atoms with Gasteiger partial charge in [-0.1, -0.05) is 30.3 Å². The minimum atomic E-state index is -4.52. The molecule has 0 aliphatic heterocycles. The van der Waals surface area contributed by atoms with Gasteiger partial charge >= 0.3 is 6.18 Å². The molecule has 5 heteroatoms. The summed E-state index contributed by atoms with van der Waals surface area (Å²) in [7, 11) is 0. The van der Waals surface area contributed by atoms with Gasteiger partial charge in [0.2, 0.25) is 0 Å². The quantitative estimate of drug-likeness (QED) is 0.713. The summed E-state index contributed by atoms with van der Waals surface area (Å²) < 4.78 is 36.8. The zero-order valence-corrected chi connectivity index (χ0v) is 8.19. The summed E-state index contributed by atoms with van der Waals surface area (Å²) in [5, 5.41) is -0.137. The van der Waals surface area contributed by atoms with Crippen LogP contribution in [-0.2, 0) is 0 Å². The molecular weight excluding hydrogens is 229 g/mol. The molecule has 0 radical (unpaired) electrons. The average molecular weight is 235 g/mol. The number of halogens is 4. The molecule has 0 aliphatic rings. The second kappa shape index (κ2) is 4.06. The van der Waals surface area contributed by atoms with Gasteiger partial charge in [0.25, 0.3) is 0 Å². The molecule has 0 unspecified atom stereocenters. The number of alkyl halides is 3. The van der Waals surface area contributed by atoms with E-state index in [0.717, 1.165) is 6.07 Å². The number of hydrogen-bond donors (Lipinski definition) is 0. The van der Waals surface area contributed by atoms with Crippen molar-refractivity contribution in [1.29, 1.82) is 0 Å². The molecule has 0 heterocycles. The third-order valence-corrected chi connectivity index (χ3v) is 2.11. The maximum absolute atomic E-state index is 12.3. The molecule has 1 aromatic rings. The third kappa shape index (κ3) is 2.59. The highest BCUT2D eigenvalue weighted by atomic mass is 35.5.